The fourth-order valence-electron chi connectivity index (χ4n) is 2.63. The average Bonchev–Trinajstić information content (AvgIpc) is 2.42. The summed E-state index contributed by atoms with van der Waals surface area (Å²) < 4.78 is 43.9. The predicted molar refractivity (Wildman–Crippen MR) is 68.6 cm³/mol. The van der Waals surface area contributed by atoms with E-state index in [1.807, 2.05) is 18.2 Å². The molecule has 3 nitrogen and oxygen atoms in total. The van der Waals surface area contributed by atoms with Gasteiger partial charge in [0.15, 0.2) is 6.10 Å². The lowest BCUT2D eigenvalue weighted by Crippen LogP contribution is -2.43. The summed E-state index contributed by atoms with van der Waals surface area (Å²) in [5, 5.41) is 8.98. The highest BCUT2D eigenvalue weighted by Gasteiger charge is 2.49. The minimum absolute atomic E-state index is 0.304. The van der Waals surface area contributed by atoms with Crippen LogP contribution >= 0.6 is 0 Å². The zero-order chi connectivity index (χ0) is 15.2. The molecule has 110 valence electrons. The Labute approximate surface area is 118 Å². The van der Waals surface area contributed by atoms with Gasteiger partial charge >= 0.3 is 12.1 Å². The summed E-state index contributed by atoms with van der Waals surface area (Å²) in [6.07, 6.45) is -4.83. The van der Waals surface area contributed by atoms with Gasteiger partial charge in [-0.1, -0.05) is 24.3 Å². The largest absolute Gasteiger partial charge is 0.478 e. The second-order valence-electron chi connectivity index (χ2n) is 5.00. The summed E-state index contributed by atoms with van der Waals surface area (Å²) in [7, 11) is 0. The van der Waals surface area contributed by atoms with Crippen LogP contribution in [0, 0.1) is 0 Å². The van der Waals surface area contributed by atoms with Crippen molar-refractivity contribution in [2.45, 2.75) is 24.8 Å². The second-order valence-corrected chi connectivity index (χ2v) is 5.00. The molecule has 2 aliphatic rings. The molecule has 21 heavy (non-hydrogen) atoms. The molecule has 0 amide bonds. The highest BCUT2D eigenvalue weighted by molar-refractivity contribution is 5.89. The average molecular weight is 296 g/mol. The van der Waals surface area contributed by atoms with E-state index in [0.717, 1.165) is 17.2 Å². The molecule has 2 unspecified atom stereocenters. The minimum atomic E-state index is -4.74. The highest BCUT2D eigenvalue weighted by atomic mass is 19.4. The molecule has 1 aliphatic carbocycles. The second kappa shape index (κ2) is 4.73. The minimum Gasteiger partial charge on any atom is -0.478 e. The van der Waals surface area contributed by atoms with E-state index in [0.29, 0.717) is 12.0 Å². The first-order chi connectivity index (χ1) is 9.86. The van der Waals surface area contributed by atoms with Crippen LogP contribution in [0.4, 0.5) is 13.2 Å². The number of carboxylic acid groups (broad SMARTS) is 1. The van der Waals surface area contributed by atoms with E-state index in [4.69, 9.17) is 9.84 Å². The SMILES string of the molecule is O=C(O)C1=CC2=Cc3ccccc3CC2OC1C(F)(F)F. The summed E-state index contributed by atoms with van der Waals surface area (Å²) in [6.45, 7) is 0. The van der Waals surface area contributed by atoms with Gasteiger partial charge in [0.1, 0.15) is 0 Å². The molecule has 1 aromatic carbocycles. The van der Waals surface area contributed by atoms with Gasteiger partial charge in [-0.05, 0) is 28.9 Å². The molecule has 0 saturated carbocycles. The Kier molecular flexibility index (Phi) is 3.13. The Morgan fingerprint density at radius 3 is 2.62 bits per heavy atom. The quantitative estimate of drug-likeness (QED) is 0.866. The van der Waals surface area contributed by atoms with E-state index in [2.05, 4.69) is 0 Å². The van der Waals surface area contributed by atoms with Crippen molar-refractivity contribution in [3.05, 3.63) is 52.6 Å². The van der Waals surface area contributed by atoms with Gasteiger partial charge < -0.3 is 9.84 Å². The van der Waals surface area contributed by atoms with Gasteiger partial charge in [0.25, 0.3) is 0 Å². The first kappa shape index (κ1) is 13.9. The molecule has 0 radical (unpaired) electrons. The number of carbonyl (C=O) groups is 1. The summed E-state index contributed by atoms with van der Waals surface area (Å²) in [4.78, 5) is 11.1. The Morgan fingerprint density at radius 1 is 1.24 bits per heavy atom. The molecule has 6 heteroatoms. The van der Waals surface area contributed by atoms with E-state index in [9.17, 15) is 18.0 Å². The first-order valence-corrected chi connectivity index (χ1v) is 6.33. The third-order valence-electron chi connectivity index (χ3n) is 3.60. The third-order valence-corrected chi connectivity index (χ3v) is 3.60. The maximum absolute atomic E-state index is 13.0. The van der Waals surface area contributed by atoms with E-state index < -0.39 is 29.9 Å². The van der Waals surface area contributed by atoms with Crippen molar-refractivity contribution < 1.29 is 27.8 Å². The number of halogens is 3. The smallest absolute Gasteiger partial charge is 0.419 e. The molecular formula is C15H11F3O3. The summed E-state index contributed by atoms with van der Waals surface area (Å²) >= 11 is 0. The number of ether oxygens (including phenoxy) is 1. The van der Waals surface area contributed by atoms with Crippen LogP contribution in [0.3, 0.4) is 0 Å². The van der Waals surface area contributed by atoms with Crippen LogP contribution < -0.4 is 0 Å². The van der Waals surface area contributed by atoms with Gasteiger partial charge in [-0.3, -0.25) is 0 Å². The topological polar surface area (TPSA) is 46.5 Å². The number of fused-ring (bicyclic) bond motifs is 2. The van der Waals surface area contributed by atoms with Gasteiger partial charge in [-0.2, -0.15) is 13.2 Å². The number of benzene rings is 1. The zero-order valence-corrected chi connectivity index (χ0v) is 10.7. The number of hydrogen-bond acceptors (Lipinski definition) is 2. The van der Waals surface area contributed by atoms with Crippen LogP contribution in [0.5, 0.6) is 0 Å². The molecule has 0 spiro atoms. The summed E-state index contributed by atoms with van der Waals surface area (Å²) in [6, 6.07) is 7.29. The Hall–Kier alpha value is -2.08. The normalized spacial score (nSPS) is 24.5. The molecule has 3 rings (SSSR count). The molecule has 1 aliphatic heterocycles. The van der Waals surface area contributed by atoms with Crippen molar-refractivity contribution in [3.8, 4) is 0 Å². The van der Waals surface area contributed by atoms with Crippen LogP contribution in [-0.4, -0.2) is 29.5 Å². The number of aliphatic carboxylic acids is 1. The van der Waals surface area contributed by atoms with Gasteiger partial charge in [0.05, 0.1) is 11.7 Å². The summed E-state index contributed by atoms with van der Waals surface area (Å²) in [5.41, 5.74) is 1.45. The van der Waals surface area contributed by atoms with Crippen molar-refractivity contribution in [2.24, 2.45) is 0 Å². The van der Waals surface area contributed by atoms with E-state index in [-0.39, 0.29) is 0 Å². The number of carboxylic acids is 1. The van der Waals surface area contributed by atoms with Crippen molar-refractivity contribution in [1.82, 2.24) is 0 Å². The van der Waals surface area contributed by atoms with Crippen molar-refractivity contribution in [3.63, 3.8) is 0 Å². The molecule has 1 N–H and O–H groups in total. The van der Waals surface area contributed by atoms with Gasteiger partial charge in [0, 0.05) is 6.42 Å². The lowest BCUT2D eigenvalue weighted by atomic mass is 9.86. The van der Waals surface area contributed by atoms with Gasteiger partial charge in [-0.15, -0.1) is 0 Å². The number of rotatable bonds is 1. The van der Waals surface area contributed by atoms with E-state index in [1.165, 1.54) is 0 Å². The molecule has 0 bridgehead atoms. The molecule has 2 atom stereocenters. The fourth-order valence-corrected chi connectivity index (χ4v) is 2.63. The van der Waals surface area contributed by atoms with Crippen molar-refractivity contribution in [1.29, 1.82) is 0 Å². The lowest BCUT2D eigenvalue weighted by molar-refractivity contribution is -0.219. The predicted octanol–water partition coefficient (Wildman–Crippen LogP) is 2.97. The van der Waals surface area contributed by atoms with Gasteiger partial charge in [0.2, 0.25) is 0 Å². The van der Waals surface area contributed by atoms with Crippen LogP contribution in [0.15, 0.2) is 41.5 Å². The van der Waals surface area contributed by atoms with Crippen LogP contribution in [0.25, 0.3) is 6.08 Å². The fraction of sp³-hybridized carbons (Fsp3) is 0.267. The third kappa shape index (κ3) is 2.47. The molecule has 0 aromatic heterocycles. The van der Waals surface area contributed by atoms with Crippen LogP contribution in [0.2, 0.25) is 0 Å². The molecule has 1 heterocycles. The van der Waals surface area contributed by atoms with Crippen LogP contribution in [-0.2, 0) is 16.0 Å². The zero-order valence-electron chi connectivity index (χ0n) is 10.7. The number of alkyl halides is 3. The number of hydrogen-bond donors (Lipinski definition) is 1. The van der Waals surface area contributed by atoms with E-state index in [1.54, 1.807) is 12.1 Å². The van der Waals surface area contributed by atoms with Crippen molar-refractivity contribution >= 4 is 12.0 Å². The summed E-state index contributed by atoms with van der Waals surface area (Å²) in [5.74, 6) is -1.62. The van der Waals surface area contributed by atoms with Gasteiger partial charge in [-0.25, -0.2) is 4.79 Å². The highest BCUT2D eigenvalue weighted by Crippen LogP contribution is 2.38. The Balaban J connectivity index is 2.07. The molecular weight excluding hydrogens is 285 g/mol. The first-order valence-electron chi connectivity index (χ1n) is 6.33. The Morgan fingerprint density at radius 2 is 1.95 bits per heavy atom. The molecule has 0 saturated heterocycles. The Bertz CT molecular complexity index is 658. The van der Waals surface area contributed by atoms with Crippen molar-refractivity contribution in [2.75, 3.05) is 0 Å². The van der Waals surface area contributed by atoms with Crippen LogP contribution in [0.1, 0.15) is 11.1 Å². The maximum atomic E-state index is 13.0. The molecule has 1 aromatic rings. The lowest BCUT2D eigenvalue weighted by Gasteiger charge is -2.34. The standard InChI is InChI=1S/C15H11F3O3/c16-15(17,18)13-11(14(19)20)6-10-5-8-3-1-2-4-9(8)7-12(10)21-13/h1-6,12-13H,7H2,(H,19,20). The molecule has 0 fully saturated rings. The maximum Gasteiger partial charge on any atom is 0.419 e. The van der Waals surface area contributed by atoms with E-state index >= 15 is 0 Å². The monoisotopic (exact) mass is 296 g/mol.